The third-order valence-corrected chi connectivity index (χ3v) is 7.70. The van der Waals surface area contributed by atoms with Crippen molar-refractivity contribution in [2.75, 3.05) is 0 Å². The number of rotatable bonds is 7. The highest BCUT2D eigenvalue weighted by Crippen LogP contribution is 2.39. The SMILES string of the molecule is Cn1nc(C(F)(F)F)c(CS(=O)c2c(CS(=O)C3=NOC(C)(C)C3)c(C(F)(F)F)nn2C)c1OC(F)F. The number of nitrogens with zero attached hydrogens (tertiary/aromatic N) is 5. The van der Waals surface area contributed by atoms with Crippen LogP contribution in [0.4, 0.5) is 35.1 Å². The second-order valence-electron chi connectivity index (χ2n) is 8.38. The molecule has 2 unspecified atom stereocenters. The molecule has 0 aliphatic carbocycles. The summed E-state index contributed by atoms with van der Waals surface area (Å²) in [4.78, 5) is 5.06. The van der Waals surface area contributed by atoms with Gasteiger partial charge in [-0.25, -0.2) is 4.68 Å². The molecule has 0 fully saturated rings. The Labute approximate surface area is 208 Å². The Morgan fingerprint density at radius 2 is 1.46 bits per heavy atom. The van der Waals surface area contributed by atoms with Crippen LogP contribution in [0.15, 0.2) is 10.2 Å². The van der Waals surface area contributed by atoms with E-state index in [9.17, 15) is 43.5 Å². The molecule has 2 aromatic rings. The minimum Gasteiger partial charge on any atom is -0.417 e. The number of ether oxygens (including phenoxy) is 1. The van der Waals surface area contributed by atoms with E-state index in [4.69, 9.17) is 4.84 Å². The first-order valence-electron chi connectivity index (χ1n) is 10.0. The molecule has 1 aliphatic heterocycles. The van der Waals surface area contributed by atoms with E-state index in [1.807, 2.05) is 0 Å². The summed E-state index contributed by atoms with van der Waals surface area (Å²) >= 11 is 0. The standard InChI is InChI=1S/C18H19F8N5O4S2/c1-16(2)5-10(29-35-16)36(32)7-9-12(18(24,25)26)28-31(4)14(9)37(33)6-8-11(17(21,22)23)27-30(3)13(8)34-15(19)20/h15H,5-7H2,1-4H3. The van der Waals surface area contributed by atoms with E-state index in [0.29, 0.717) is 9.36 Å². The van der Waals surface area contributed by atoms with Crippen LogP contribution in [-0.2, 0) is 64.4 Å². The molecule has 0 aromatic carbocycles. The second kappa shape index (κ2) is 9.95. The first kappa shape index (κ1) is 29.0. The zero-order valence-electron chi connectivity index (χ0n) is 19.4. The Morgan fingerprint density at radius 1 is 0.946 bits per heavy atom. The van der Waals surface area contributed by atoms with Crippen molar-refractivity contribution in [1.29, 1.82) is 0 Å². The predicted molar refractivity (Wildman–Crippen MR) is 112 cm³/mol. The topological polar surface area (TPSA) is 101 Å². The molecule has 0 saturated heterocycles. The lowest BCUT2D eigenvalue weighted by Gasteiger charge is -2.13. The Balaban J connectivity index is 2.07. The fourth-order valence-corrected chi connectivity index (χ4v) is 6.34. The third-order valence-electron chi connectivity index (χ3n) is 4.91. The van der Waals surface area contributed by atoms with Gasteiger partial charge in [-0.2, -0.15) is 45.3 Å². The summed E-state index contributed by atoms with van der Waals surface area (Å²) in [6.45, 7) is -0.385. The van der Waals surface area contributed by atoms with Crippen molar-refractivity contribution in [1.82, 2.24) is 19.6 Å². The van der Waals surface area contributed by atoms with E-state index < -0.39 is 91.1 Å². The number of oxime groups is 1. The number of hydrogen-bond donors (Lipinski definition) is 0. The maximum Gasteiger partial charge on any atom is 0.435 e. The highest BCUT2D eigenvalue weighted by atomic mass is 32.2. The highest BCUT2D eigenvalue weighted by molar-refractivity contribution is 8.00. The summed E-state index contributed by atoms with van der Waals surface area (Å²) in [5, 5.41) is 9.22. The number of aryl methyl sites for hydroxylation is 2. The molecular formula is C18H19F8N5O4S2. The minimum absolute atomic E-state index is 0.0125. The Hall–Kier alpha value is -2.57. The molecule has 0 radical (unpaired) electrons. The van der Waals surface area contributed by atoms with Gasteiger partial charge in [-0.3, -0.25) is 13.1 Å². The maximum atomic E-state index is 13.7. The van der Waals surface area contributed by atoms with Gasteiger partial charge in [0.15, 0.2) is 11.4 Å². The quantitative estimate of drug-likeness (QED) is 0.458. The monoisotopic (exact) mass is 585 g/mol. The van der Waals surface area contributed by atoms with Gasteiger partial charge < -0.3 is 9.57 Å². The van der Waals surface area contributed by atoms with Gasteiger partial charge in [-0.1, -0.05) is 5.16 Å². The summed E-state index contributed by atoms with van der Waals surface area (Å²) in [5.41, 5.74) is -6.01. The number of halogens is 8. The molecule has 9 nitrogen and oxygen atoms in total. The molecule has 2 atom stereocenters. The fourth-order valence-electron chi connectivity index (χ4n) is 3.48. The summed E-state index contributed by atoms with van der Waals surface area (Å²) in [7, 11) is -3.13. The van der Waals surface area contributed by atoms with Crippen LogP contribution in [0, 0.1) is 0 Å². The van der Waals surface area contributed by atoms with E-state index >= 15 is 0 Å². The van der Waals surface area contributed by atoms with Crippen molar-refractivity contribution in [3.8, 4) is 5.88 Å². The van der Waals surface area contributed by atoms with Gasteiger partial charge in [-0.15, -0.1) is 0 Å². The Bertz CT molecular complexity index is 1270. The lowest BCUT2D eigenvalue weighted by molar-refractivity contribution is -0.142. The van der Waals surface area contributed by atoms with E-state index in [1.165, 1.54) is 0 Å². The zero-order chi connectivity index (χ0) is 28.1. The zero-order valence-corrected chi connectivity index (χ0v) is 21.0. The van der Waals surface area contributed by atoms with E-state index in [2.05, 4.69) is 20.1 Å². The van der Waals surface area contributed by atoms with Gasteiger partial charge in [0.25, 0.3) is 0 Å². The van der Waals surface area contributed by atoms with Gasteiger partial charge >= 0.3 is 19.0 Å². The lowest BCUT2D eigenvalue weighted by Crippen LogP contribution is -2.21. The van der Waals surface area contributed by atoms with Crippen LogP contribution in [0.1, 0.15) is 42.8 Å². The molecule has 0 spiro atoms. The number of alkyl halides is 8. The van der Waals surface area contributed by atoms with Crippen molar-refractivity contribution in [2.45, 2.75) is 61.4 Å². The summed E-state index contributed by atoms with van der Waals surface area (Å²) in [5.74, 6) is -3.17. The molecule has 1 aliphatic rings. The van der Waals surface area contributed by atoms with Crippen LogP contribution in [-0.4, -0.2) is 45.2 Å². The van der Waals surface area contributed by atoms with Gasteiger partial charge in [-0.05, 0) is 13.8 Å². The van der Waals surface area contributed by atoms with Gasteiger partial charge in [0.1, 0.15) is 15.7 Å². The van der Waals surface area contributed by atoms with Crippen LogP contribution in [0.3, 0.4) is 0 Å². The predicted octanol–water partition coefficient (Wildman–Crippen LogP) is 3.86. The van der Waals surface area contributed by atoms with Crippen LogP contribution < -0.4 is 4.74 Å². The average Bonchev–Trinajstić information content (AvgIpc) is 3.35. The molecule has 0 N–H and O–H groups in total. The van der Waals surface area contributed by atoms with Crippen molar-refractivity contribution in [3.63, 3.8) is 0 Å². The van der Waals surface area contributed by atoms with E-state index in [-0.39, 0.29) is 11.5 Å². The fraction of sp³-hybridized carbons (Fsp3) is 0.611. The average molecular weight is 585 g/mol. The summed E-state index contributed by atoms with van der Waals surface area (Å²) in [6, 6.07) is 0. The molecule has 19 heteroatoms. The lowest BCUT2D eigenvalue weighted by atomic mass is 10.1. The van der Waals surface area contributed by atoms with Crippen molar-refractivity contribution in [3.05, 3.63) is 22.5 Å². The normalized spacial score (nSPS) is 17.6. The molecule has 0 amide bonds. The number of aromatic nitrogens is 4. The second-order valence-corrected chi connectivity index (χ2v) is 11.2. The molecule has 0 bridgehead atoms. The van der Waals surface area contributed by atoms with Crippen LogP contribution in [0.25, 0.3) is 0 Å². The Kier molecular flexibility index (Phi) is 7.80. The molecule has 0 saturated carbocycles. The van der Waals surface area contributed by atoms with Crippen molar-refractivity contribution < 1.29 is 53.1 Å². The largest absolute Gasteiger partial charge is 0.435 e. The third kappa shape index (κ3) is 6.29. The molecule has 2 aromatic heterocycles. The van der Waals surface area contributed by atoms with Crippen molar-refractivity contribution >= 4 is 26.6 Å². The molecular weight excluding hydrogens is 566 g/mol. The first-order chi connectivity index (χ1) is 16.8. The van der Waals surface area contributed by atoms with Gasteiger partial charge in [0, 0.05) is 26.1 Å². The van der Waals surface area contributed by atoms with Gasteiger partial charge in [0.05, 0.1) is 38.7 Å². The molecule has 37 heavy (non-hydrogen) atoms. The molecule has 3 rings (SSSR count). The summed E-state index contributed by atoms with van der Waals surface area (Å²) < 4.78 is 138. The van der Waals surface area contributed by atoms with Gasteiger partial charge in [0.2, 0.25) is 5.88 Å². The van der Waals surface area contributed by atoms with E-state index in [0.717, 1.165) is 14.1 Å². The smallest absolute Gasteiger partial charge is 0.417 e. The minimum atomic E-state index is -5.19. The van der Waals surface area contributed by atoms with E-state index in [1.54, 1.807) is 13.8 Å². The molecule has 208 valence electrons. The first-order valence-corrected chi connectivity index (χ1v) is 12.7. The number of hydrogen-bond acceptors (Lipinski definition) is 7. The summed E-state index contributed by atoms with van der Waals surface area (Å²) in [6.07, 6.45) is -10.3. The van der Waals surface area contributed by atoms with Crippen LogP contribution in [0.5, 0.6) is 5.88 Å². The molecule has 3 heterocycles. The Morgan fingerprint density at radius 3 is 1.95 bits per heavy atom. The van der Waals surface area contributed by atoms with Crippen LogP contribution in [0.2, 0.25) is 0 Å². The van der Waals surface area contributed by atoms with Crippen LogP contribution >= 0.6 is 0 Å². The van der Waals surface area contributed by atoms with Crippen molar-refractivity contribution in [2.24, 2.45) is 19.3 Å². The highest BCUT2D eigenvalue weighted by Gasteiger charge is 2.43. The maximum absolute atomic E-state index is 13.7.